The number of hydrogen-bond donors (Lipinski definition) is 1. The lowest BCUT2D eigenvalue weighted by atomic mass is 9.94. The Bertz CT molecular complexity index is 326. The first kappa shape index (κ1) is 9.72. The van der Waals surface area contributed by atoms with E-state index in [9.17, 15) is 0 Å². The third kappa shape index (κ3) is 1.46. The van der Waals surface area contributed by atoms with Crippen LogP contribution in [0.4, 0.5) is 0 Å². The van der Waals surface area contributed by atoms with Crippen LogP contribution in [0, 0.1) is 0 Å². The van der Waals surface area contributed by atoms with E-state index in [0.717, 1.165) is 6.42 Å². The van der Waals surface area contributed by atoms with Gasteiger partial charge in [0.2, 0.25) is 0 Å². The second-order valence-electron chi connectivity index (χ2n) is 5.00. The molecule has 0 spiro atoms. The van der Waals surface area contributed by atoms with Crippen molar-refractivity contribution < 1.29 is 0 Å². The second kappa shape index (κ2) is 3.09. The van der Waals surface area contributed by atoms with E-state index >= 15 is 0 Å². The van der Waals surface area contributed by atoms with Crippen molar-refractivity contribution in [3.05, 3.63) is 35.4 Å². The van der Waals surface area contributed by atoms with Crippen LogP contribution in [0.25, 0.3) is 0 Å². The van der Waals surface area contributed by atoms with Crippen LogP contribution in [-0.2, 0) is 5.41 Å². The Morgan fingerprint density at radius 3 is 2.14 bits per heavy atom. The van der Waals surface area contributed by atoms with Crippen molar-refractivity contribution >= 4 is 0 Å². The minimum Gasteiger partial charge on any atom is -0.327 e. The summed E-state index contributed by atoms with van der Waals surface area (Å²) in [6.45, 7) is 6.70. The van der Waals surface area contributed by atoms with Crippen molar-refractivity contribution in [2.24, 2.45) is 5.73 Å². The maximum Gasteiger partial charge on any atom is 0.0143 e. The molecule has 1 aromatic carbocycles. The van der Waals surface area contributed by atoms with Crippen LogP contribution in [0.15, 0.2) is 24.3 Å². The maximum atomic E-state index is 5.93. The zero-order valence-electron chi connectivity index (χ0n) is 9.25. The fourth-order valence-electron chi connectivity index (χ4n) is 1.98. The van der Waals surface area contributed by atoms with Gasteiger partial charge >= 0.3 is 0 Å². The Balaban J connectivity index is 2.23. The number of hydrogen-bond acceptors (Lipinski definition) is 1. The van der Waals surface area contributed by atoms with E-state index in [1.165, 1.54) is 11.1 Å². The van der Waals surface area contributed by atoms with Crippen LogP contribution in [0.5, 0.6) is 0 Å². The summed E-state index contributed by atoms with van der Waals surface area (Å²) >= 11 is 0. The van der Waals surface area contributed by atoms with Crippen LogP contribution < -0.4 is 5.73 Å². The second-order valence-corrected chi connectivity index (χ2v) is 5.00. The van der Waals surface area contributed by atoms with E-state index in [0.29, 0.717) is 12.0 Å². The smallest absolute Gasteiger partial charge is 0.0143 e. The zero-order valence-corrected chi connectivity index (χ0v) is 9.25. The van der Waals surface area contributed by atoms with Crippen LogP contribution in [0.1, 0.15) is 44.2 Å². The van der Waals surface area contributed by atoms with Gasteiger partial charge in [0.1, 0.15) is 0 Å². The molecular formula is C13H19N. The molecule has 1 nitrogen and oxygen atoms in total. The predicted octanol–water partition coefficient (Wildman–Crippen LogP) is 2.80. The Labute approximate surface area is 86.3 Å². The summed E-state index contributed by atoms with van der Waals surface area (Å²) in [5.74, 6) is 0.615. The van der Waals surface area contributed by atoms with Gasteiger partial charge in [0.25, 0.3) is 0 Å². The fraction of sp³-hybridized carbons (Fsp3) is 0.538. The highest BCUT2D eigenvalue weighted by atomic mass is 14.8. The Morgan fingerprint density at radius 2 is 1.79 bits per heavy atom. The average Bonchev–Trinajstić information content (AvgIpc) is 2.76. The number of benzene rings is 1. The molecule has 76 valence electrons. The van der Waals surface area contributed by atoms with Crippen molar-refractivity contribution in [2.75, 3.05) is 0 Å². The lowest BCUT2D eigenvalue weighted by Gasteiger charge is -2.12. The molecule has 2 atom stereocenters. The summed E-state index contributed by atoms with van der Waals surface area (Å²) < 4.78 is 0. The molecule has 0 aliphatic heterocycles. The summed E-state index contributed by atoms with van der Waals surface area (Å²) in [7, 11) is 0. The predicted molar refractivity (Wildman–Crippen MR) is 60.5 cm³/mol. The molecule has 0 heterocycles. The summed E-state index contributed by atoms with van der Waals surface area (Å²) in [6, 6.07) is 9.31. The van der Waals surface area contributed by atoms with Gasteiger partial charge in [-0.05, 0) is 23.5 Å². The fourth-order valence-corrected chi connectivity index (χ4v) is 1.98. The number of nitrogens with two attached hydrogens (primary N) is 1. The molecule has 1 aliphatic rings. The van der Waals surface area contributed by atoms with Crippen molar-refractivity contribution in [1.82, 2.24) is 0 Å². The van der Waals surface area contributed by atoms with Crippen molar-refractivity contribution in [1.29, 1.82) is 0 Å². The van der Waals surface area contributed by atoms with Crippen LogP contribution in [-0.4, -0.2) is 6.04 Å². The molecule has 2 rings (SSSR count). The van der Waals surface area contributed by atoms with Crippen molar-refractivity contribution in [2.45, 2.75) is 44.6 Å². The van der Waals surface area contributed by atoms with Crippen LogP contribution >= 0.6 is 0 Å². The van der Waals surface area contributed by atoms with Gasteiger partial charge in [-0.25, -0.2) is 0 Å². The van der Waals surface area contributed by atoms with Gasteiger partial charge in [0, 0.05) is 11.5 Å². The molecule has 0 amide bonds. The lowest BCUT2D eigenvalue weighted by molar-refractivity contribution is 0.739. The highest BCUT2D eigenvalue weighted by Crippen LogP contribution is 2.46. The van der Waals surface area contributed by atoms with Crippen LogP contribution in [0.3, 0.4) is 0 Å². The van der Waals surface area contributed by atoms with E-state index < -0.39 is 0 Å². The van der Waals surface area contributed by atoms with Gasteiger partial charge in [0.05, 0.1) is 0 Å². The molecule has 0 aromatic heterocycles. The molecule has 14 heavy (non-hydrogen) atoms. The first-order valence-corrected chi connectivity index (χ1v) is 5.40. The van der Waals surface area contributed by atoms with Gasteiger partial charge in [0.15, 0.2) is 0 Å². The molecule has 2 N–H and O–H groups in total. The standard InChI is InChI=1S/C13H19N/c1-9(2)10-4-6-11(7-5-10)13(3)8-12(13)14/h4-7,9,12H,8,14H2,1-3H3. The van der Waals surface area contributed by atoms with Gasteiger partial charge in [-0.2, -0.15) is 0 Å². The molecular weight excluding hydrogens is 170 g/mol. The van der Waals surface area contributed by atoms with Crippen molar-refractivity contribution in [3.8, 4) is 0 Å². The van der Waals surface area contributed by atoms with E-state index in [1.54, 1.807) is 0 Å². The molecule has 0 radical (unpaired) electrons. The molecule has 1 heteroatoms. The van der Waals surface area contributed by atoms with E-state index in [4.69, 9.17) is 5.73 Å². The normalized spacial score (nSPS) is 30.8. The third-order valence-electron chi connectivity index (χ3n) is 3.54. The van der Waals surface area contributed by atoms with Crippen molar-refractivity contribution in [3.63, 3.8) is 0 Å². The molecule has 1 aromatic rings. The first-order chi connectivity index (χ1) is 6.54. The first-order valence-electron chi connectivity index (χ1n) is 5.40. The minimum atomic E-state index is 0.259. The Morgan fingerprint density at radius 1 is 1.29 bits per heavy atom. The monoisotopic (exact) mass is 189 g/mol. The SMILES string of the molecule is CC(C)c1ccc(C2(C)CC2N)cc1. The highest BCUT2D eigenvalue weighted by molar-refractivity contribution is 5.37. The molecule has 0 saturated heterocycles. The number of rotatable bonds is 2. The van der Waals surface area contributed by atoms with Gasteiger partial charge in [-0.1, -0.05) is 45.0 Å². The molecule has 2 unspecified atom stereocenters. The largest absolute Gasteiger partial charge is 0.327 e. The molecule has 1 aliphatic carbocycles. The van der Waals surface area contributed by atoms with Gasteiger partial charge < -0.3 is 5.73 Å². The van der Waals surface area contributed by atoms with E-state index in [2.05, 4.69) is 45.0 Å². The summed E-state index contributed by atoms with van der Waals surface area (Å²) in [4.78, 5) is 0. The molecule has 1 fully saturated rings. The third-order valence-corrected chi connectivity index (χ3v) is 3.54. The maximum absolute atomic E-state index is 5.93. The van der Waals surface area contributed by atoms with Gasteiger partial charge in [-0.3, -0.25) is 0 Å². The van der Waals surface area contributed by atoms with Gasteiger partial charge in [-0.15, -0.1) is 0 Å². The zero-order chi connectivity index (χ0) is 10.3. The molecule has 1 saturated carbocycles. The molecule has 0 bridgehead atoms. The van der Waals surface area contributed by atoms with E-state index in [1.807, 2.05) is 0 Å². The average molecular weight is 189 g/mol. The topological polar surface area (TPSA) is 26.0 Å². The summed E-state index contributed by atoms with van der Waals surface area (Å²) in [5.41, 5.74) is 9.00. The van der Waals surface area contributed by atoms with E-state index in [-0.39, 0.29) is 5.41 Å². The quantitative estimate of drug-likeness (QED) is 0.760. The Hall–Kier alpha value is -0.820. The van der Waals surface area contributed by atoms with Crippen LogP contribution in [0.2, 0.25) is 0 Å². The summed E-state index contributed by atoms with van der Waals surface area (Å²) in [5, 5.41) is 0. The Kier molecular flexibility index (Phi) is 2.15. The highest BCUT2D eigenvalue weighted by Gasteiger charge is 2.48. The summed E-state index contributed by atoms with van der Waals surface area (Å²) in [6.07, 6.45) is 1.13. The minimum absolute atomic E-state index is 0.259. The lowest BCUT2D eigenvalue weighted by Crippen LogP contribution is -2.14.